The van der Waals surface area contributed by atoms with Gasteiger partial charge in [0.2, 0.25) is 0 Å². The van der Waals surface area contributed by atoms with Gasteiger partial charge in [0.05, 0.1) is 0 Å². The monoisotopic (exact) mass is 154 g/mol. The van der Waals surface area contributed by atoms with E-state index in [9.17, 15) is 9.90 Å². The molecule has 1 aliphatic carbocycles. The third-order valence-electron chi connectivity index (χ3n) is 2.10. The molecule has 0 aromatic rings. The lowest BCUT2D eigenvalue weighted by Crippen LogP contribution is -2.17. The van der Waals surface area contributed by atoms with Crippen LogP contribution in [0.15, 0.2) is 11.1 Å². The van der Waals surface area contributed by atoms with Crippen LogP contribution in [0.3, 0.4) is 0 Å². The van der Waals surface area contributed by atoms with E-state index in [1.54, 1.807) is 0 Å². The highest BCUT2D eigenvalue weighted by Crippen LogP contribution is 2.27. The first-order chi connectivity index (χ1) is 5.04. The van der Waals surface area contributed by atoms with Gasteiger partial charge in [0.25, 0.3) is 0 Å². The predicted octanol–water partition coefficient (Wildman–Crippen LogP) is 1.29. The van der Waals surface area contributed by atoms with Crippen LogP contribution in [0.25, 0.3) is 0 Å². The highest BCUT2D eigenvalue weighted by Gasteiger charge is 2.30. The Kier molecular flexibility index (Phi) is 2.14. The smallest absolute Gasteiger partial charge is 0.187 e. The van der Waals surface area contributed by atoms with E-state index in [4.69, 9.17) is 0 Å². The van der Waals surface area contributed by atoms with Crippen molar-refractivity contribution in [3.05, 3.63) is 11.1 Å². The molecule has 2 heteroatoms. The molecule has 0 radical (unpaired) electrons. The van der Waals surface area contributed by atoms with Gasteiger partial charge < -0.3 is 5.11 Å². The number of aliphatic hydroxyl groups is 1. The summed E-state index contributed by atoms with van der Waals surface area (Å²) in [6, 6.07) is 0. The average Bonchev–Trinajstić information content (AvgIpc) is 2.07. The van der Waals surface area contributed by atoms with Crippen molar-refractivity contribution in [2.75, 3.05) is 0 Å². The zero-order valence-corrected chi connectivity index (χ0v) is 7.22. The molecule has 1 rings (SSSR count). The van der Waals surface area contributed by atoms with E-state index in [0.29, 0.717) is 6.42 Å². The minimum absolute atomic E-state index is 0.0718. The number of hydrogen-bond acceptors (Lipinski definition) is 2. The van der Waals surface area contributed by atoms with Crippen LogP contribution in [0.1, 0.15) is 27.2 Å². The van der Waals surface area contributed by atoms with E-state index < -0.39 is 6.10 Å². The van der Waals surface area contributed by atoms with Gasteiger partial charge in [-0.2, -0.15) is 0 Å². The molecule has 0 fully saturated rings. The van der Waals surface area contributed by atoms with E-state index in [-0.39, 0.29) is 11.7 Å². The summed E-state index contributed by atoms with van der Waals surface area (Å²) in [7, 11) is 0. The maximum atomic E-state index is 11.2. The first kappa shape index (κ1) is 8.47. The number of rotatable bonds is 1. The first-order valence-corrected chi connectivity index (χ1v) is 3.96. The van der Waals surface area contributed by atoms with E-state index in [2.05, 4.69) is 0 Å². The van der Waals surface area contributed by atoms with Gasteiger partial charge in [-0.3, -0.25) is 4.79 Å². The van der Waals surface area contributed by atoms with Crippen LogP contribution >= 0.6 is 0 Å². The van der Waals surface area contributed by atoms with Crippen LogP contribution in [0.2, 0.25) is 0 Å². The molecule has 62 valence electrons. The van der Waals surface area contributed by atoms with Crippen LogP contribution < -0.4 is 0 Å². The summed E-state index contributed by atoms with van der Waals surface area (Å²) in [6.45, 7) is 5.88. The summed E-state index contributed by atoms with van der Waals surface area (Å²) < 4.78 is 0. The molecule has 0 bridgehead atoms. The lowest BCUT2D eigenvalue weighted by Gasteiger charge is -2.05. The Bertz CT molecular complexity index is 214. The summed E-state index contributed by atoms with van der Waals surface area (Å²) in [5, 5.41) is 9.20. The van der Waals surface area contributed by atoms with Crippen molar-refractivity contribution in [1.29, 1.82) is 0 Å². The minimum Gasteiger partial charge on any atom is -0.385 e. The molecule has 2 nitrogen and oxygen atoms in total. The lowest BCUT2D eigenvalue weighted by molar-refractivity contribution is -0.122. The molecule has 0 saturated carbocycles. The summed E-state index contributed by atoms with van der Waals surface area (Å²) in [5.41, 5.74) is 1.88. The standard InChI is InChI=1S/C9H14O2/c1-5(2)8-6(3)4-7(10)9(8)11/h5,7,10H,4H2,1-3H3. The SMILES string of the molecule is CC1=C(C(C)C)C(=O)C(O)C1. The van der Waals surface area contributed by atoms with Crippen molar-refractivity contribution in [3.8, 4) is 0 Å². The zero-order chi connectivity index (χ0) is 8.59. The van der Waals surface area contributed by atoms with Crippen molar-refractivity contribution < 1.29 is 9.90 Å². The van der Waals surface area contributed by atoms with Crippen molar-refractivity contribution in [2.24, 2.45) is 5.92 Å². The second kappa shape index (κ2) is 2.78. The highest BCUT2D eigenvalue weighted by molar-refractivity contribution is 6.02. The van der Waals surface area contributed by atoms with Crippen LogP contribution in [0, 0.1) is 5.92 Å². The number of ketones is 1. The molecule has 1 N–H and O–H groups in total. The Hall–Kier alpha value is -0.630. The van der Waals surface area contributed by atoms with Crippen LogP contribution in [-0.4, -0.2) is 17.0 Å². The fourth-order valence-corrected chi connectivity index (χ4v) is 1.66. The summed E-state index contributed by atoms with van der Waals surface area (Å²) in [6.07, 6.45) is -0.223. The van der Waals surface area contributed by atoms with Crippen LogP contribution in [0.5, 0.6) is 0 Å². The molecular weight excluding hydrogens is 140 g/mol. The van der Waals surface area contributed by atoms with Gasteiger partial charge in [0.1, 0.15) is 6.10 Å². The largest absolute Gasteiger partial charge is 0.385 e. The molecule has 11 heavy (non-hydrogen) atoms. The highest BCUT2D eigenvalue weighted by atomic mass is 16.3. The van der Waals surface area contributed by atoms with E-state index in [1.165, 1.54) is 0 Å². The van der Waals surface area contributed by atoms with Gasteiger partial charge in [0.15, 0.2) is 5.78 Å². The first-order valence-electron chi connectivity index (χ1n) is 3.96. The van der Waals surface area contributed by atoms with E-state index in [1.807, 2.05) is 20.8 Å². The second-order valence-electron chi connectivity index (χ2n) is 3.43. The van der Waals surface area contributed by atoms with E-state index >= 15 is 0 Å². The molecule has 1 atom stereocenters. The third-order valence-corrected chi connectivity index (χ3v) is 2.10. The van der Waals surface area contributed by atoms with Crippen molar-refractivity contribution in [3.63, 3.8) is 0 Å². The summed E-state index contributed by atoms with van der Waals surface area (Å²) in [4.78, 5) is 11.2. The van der Waals surface area contributed by atoms with E-state index in [0.717, 1.165) is 11.1 Å². The van der Waals surface area contributed by atoms with Crippen molar-refractivity contribution in [2.45, 2.75) is 33.3 Å². The van der Waals surface area contributed by atoms with Crippen molar-refractivity contribution in [1.82, 2.24) is 0 Å². The quantitative estimate of drug-likeness (QED) is 0.618. The summed E-state index contributed by atoms with van der Waals surface area (Å²) >= 11 is 0. The number of aliphatic hydroxyl groups excluding tert-OH is 1. The Morgan fingerprint density at radius 3 is 2.27 bits per heavy atom. The molecule has 0 heterocycles. The number of carbonyl (C=O) groups is 1. The van der Waals surface area contributed by atoms with Gasteiger partial charge in [0, 0.05) is 6.42 Å². The zero-order valence-electron chi connectivity index (χ0n) is 7.22. The average molecular weight is 154 g/mol. The van der Waals surface area contributed by atoms with Gasteiger partial charge >= 0.3 is 0 Å². The summed E-state index contributed by atoms with van der Waals surface area (Å²) in [5.74, 6) is 0.178. The lowest BCUT2D eigenvalue weighted by atomic mass is 9.99. The van der Waals surface area contributed by atoms with Gasteiger partial charge in [-0.05, 0) is 18.4 Å². The molecule has 1 unspecified atom stereocenters. The number of Topliss-reactive ketones (excluding diaryl/α,β-unsaturated/α-hetero) is 1. The maximum Gasteiger partial charge on any atom is 0.187 e. The molecule has 1 aliphatic rings. The molecule has 0 aromatic heterocycles. The van der Waals surface area contributed by atoms with Crippen LogP contribution in [0.4, 0.5) is 0 Å². The molecule has 0 aliphatic heterocycles. The van der Waals surface area contributed by atoms with Crippen LogP contribution in [-0.2, 0) is 4.79 Å². The Labute approximate surface area is 66.9 Å². The van der Waals surface area contributed by atoms with Gasteiger partial charge in [-0.15, -0.1) is 0 Å². The number of carbonyl (C=O) groups excluding carboxylic acids is 1. The maximum absolute atomic E-state index is 11.2. The molecule has 0 spiro atoms. The molecule has 0 amide bonds. The number of hydrogen-bond donors (Lipinski definition) is 1. The van der Waals surface area contributed by atoms with Crippen molar-refractivity contribution >= 4 is 5.78 Å². The Balaban J connectivity index is 2.92. The predicted molar refractivity (Wildman–Crippen MR) is 43.2 cm³/mol. The Morgan fingerprint density at radius 2 is 2.09 bits per heavy atom. The molecular formula is C9H14O2. The normalized spacial score (nSPS) is 25.5. The van der Waals surface area contributed by atoms with Gasteiger partial charge in [-0.1, -0.05) is 19.4 Å². The second-order valence-corrected chi connectivity index (χ2v) is 3.43. The van der Waals surface area contributed by atoms with Gasteiger partial charge in [-0.25, -0.2) is 0 Å². The fraction of sp³-hybridized carbons (Fsp3) is 0.667. The molecule has 0 aromatic carbocycles. The topological polar surface area (TPSA) is 37.3 Å². The third kappa shape index (κ3) is 1.36. The molecule has 0 saturated heterocycles. The minimum atomic E-state index is -0.757. The Morgan fingerprint density at radius 1 is 1.55 bits per heavy atom. The fourth-order valence-electron chi connectivity index (χ4n) is 1.66.